The number of fused-ring (bicyclic) bond motifs is 1. The first-order chi connectivity index (χ1) is 13.2. The van der Waals surface area contributed by atoms with Gasteiger partial charge in [0.2, 0.25) is 0 Å². The van der Waals surface area contributed by atoms with Gasteiger partial charge in [-0.15, -0.1) is 11.3 Å². The van der Waals surface area contributed by atoms with E-state index in [0.29, 0.717) is 11.8 Å². The van der Waals surface area contributed by atoms with Gasteiger partial charge in [0.25, 0.3) is 0 Å². The predicted molar refractivity (Wildman–Crippen MR) is 112 cm³/mol. The smallest absolute Gasteiger partial charge is 0.151 e. The molecule has 0 aromatic carbocycles. The molecule has 2 aliphatic rings. The summed E-state index contributed by atoms with van der Waals surface area (Å²) in [4.78, 5) is 1.23. The summed E-state index contributed by atoms with van der Waals surface area (Å²) < 4.78 is 0. The fraction of sp³-hybridized carbons (Fsp3) is 0.667. The first-order valence-corrected chi connectivity index (χ1v) is 11.6. The molecule has 3 atom stereocenters. The molecule has 0 aliphatic heterocycles. The second-order valence-electron chi connectivity index (χ2n) is 8.55. The van der Waals surface area contributed by atoms with Crippen LogP contribution in [0.3, 0.4) is 0 Å². The van der Waals surface area contributed by atoms with E-state index in [0.717, 1.165) is 19.3 Å². The molecule has 0 saturated heterocycles. The summed E-state index contributed by atoms with van der Waals surface area (Å²) in [5.74, 6) is 1.24. The minimum Gasteiger partial charge on any atom is -0.197 e. The van der Waals surface area contributed by atoms with Crippen LogP contribution in [0.15, 0.2) is 28.7 Å². The molecule has 1 heterocycles. The second kappa shape index (κ2) is 9.07. The summed E-state index contributed by atoms with van der Waals surface area (Å²) in [6.07, 6.45) is 11.6. The normalized spacial score (nSPS) is 26.9. The molecule has 1 unspecified atom stereocenters. The Labute approximate surface area is 168 Å². The van der Waals surface area contributed by atoms with Crippen molar-refractivity contribution in [2.75, 3.05) is 0 Å². The summed E-state index contributed by atoms with van der Waals surface area (Å²) in [5, 5.41) is 22.1. The van der Waals surface area contributed by atoms with Gasteiger partial charge in [-0.05, 0) is 74.6 Å². The summed E-state index contributed by atoms with van der Waals surface area (Å²) in [5.41, 5.74) is 2.55. The minimum atomic E-state index is -0.844. The van der Waals surface area contributed by atoms with Crippen molar-refractivity contribution in [3.8, 4) is 12.1 Å². The molecule has 2 aliphatic carbocycles. The SMILES string of the molecule is CCCCC1=C(CCCC)C[C@H]2CC(C#N)(C#N)C(c3cccs3)C[C@H]2C1. The number of allylic oxidation sites excluding steroid dienone is 2. The van der Waals surface area contributed by atoms with Crippen LogP contribution >= 0.6 is 11.3 Å². The third kappa shape index (κ3) is 4.14. The van der Waals surface area contributed by atoms with Crippen molar-refractivity contribution < 1.29 is 0 Å². The first kappa shape index (κ1) is 20.2. The lowest BCUT2D eigenvalue weighted by molar-refractivity contribution is 0.131. The minimum absolute atomic E-state index is 0.0818. The van der Waals surface area contributed by atoms with E-state index in [1.54, 1.807) is 22.5 Å². The lowest BCUT2D eigenvalue weighted by Gasteiger charge is -2.46. The van der Waals surface area contributed by atoms with Gasteiger partial charge < -0.3 is 0 Å². The van der Waals surface area contributed by atoms with Gasteiger partial charge in [0.05, 0.1) is 12.1 Å². The van der Waals surface area contributed by atoms with E-state index in [2.05, 4.69) is 43.5 Å². The Hall–Kier alpha value is -1.58. The largest absolute Gasteiger partial charge is 0.197 e. The molecular formula is C24H32N2S. The lowest BCUT2D eigenvalue weighted by atomic mass is 9.56. The molecule has 0 bridgehead atoms. The van der Waals surface area contributed by atoms with Gasteiger partial charge in [0.1, 0.15) is 0 Å². The number of nitriles is 2. The van der Waals surface area contributed by atoms with Crippen molar-refractivity contribution in [3.05, 3.63) is 33.5 Å². The Morgan fingerprint density at radius 2 is 1.67 bits per heavy atom. The molecule has 0 spiro atoms. The number of hydrogen-bond acceptors (Lipinski definition) is 3. The van der Waals surface area contributed by atoms with Crippen LogP contribution in [0.5, 0.6) is 0 Å². The highest BCUT2D eigenvalue weighted by molar-refractivity contribution is 7.10. The third-order valence-electron chi connectivity index (χ3n) is 6.85. The van der Waals surface area contributed by atoms with Gasteiger partial charge in [-0.2, -0.15) is 10.5 Å². The van der Waals surface area contributed by atoms with Crippen molar-refractivity contribution in [2.45, 2.75) is 84.0 Å². The molecule has 2 nitrogen and oxygen atoms in total. The van der Waals surface area contributed by atoms with Crippen LogP contribution in [0.4, 0.5) is 0 Å². The Morgan fingerprint density at radius 1 is 1.04 bits per heavy atom. The molecule has 27 heavy (non-hydrogen) atoms. The number of hydrogen-bond donors (Lipinski definition) is 0. The van der Waals surface area contributed by atoms with E-state index < -0.39 is 5.41 Å². The van der Waals surface area contributed by atoms with Gasteiger partial charge in [0.15, 0.2) is 5.41 Å². The van der Waals surface area contributed by atoms with Crippen LogP contribution in [0.1, 0.15) is 88.9 Å². The van der Waals surface area contributed by atoms with Crippen molar-refractivity contribution >= 4 is 11.3 Å². The summed E-state index contributed by atoms with van der Waals surface area (Å²) >= 11 is 1.71. The van der Waals surface area contributed by atoms with Gasteiger partial charge in [-0.3, -0.25) is 0 Å². The summed E-state index contributed by atoms with van der Waals surface area (Å²) in [6, 6.07) is 9.13. The molecule has 1 fully saturated rings. The van der Waals surface area contributed by atoms with Crippen LogP contribution in [0, 0.1) is 39.9 Å². The standard InChI is InChI=1S/C24H32N2S/c1-3-5-8-18-12-20-14-22(23-10-7-11-27-23)24(16-25,17-26)15-21(20)13-19(18)9-6-4-2/h7,10-11,20-22H,3-6,8-9,12-15H2,1-2H3/t20-,21+,22?/m1/s1. The van der Waals surface area contributed by atoms with Crippen LogP contribution in [0.2, 0.25) is 0 Å². The average molecular weight is 381 g/mol. The quantitative estimate of drug-likeness (QED) is 0.464. The molecule has 1 saturated carbocycles. The highest BCUT2D eigenvalue weighted by Gasteiger charge is 2.50. The fourth-order valence-corrected chi connectivity index (χ4v) is 6.22. The van der Waals surface area contributed by atoms with Crippen molar-refractivity contribution in [2.24, 2.45) is 17.3 Å². The number of unbranched alkanes of at least 4 members (excludes halogenated alkanes) is 2. The van der Waals surface area contributed by atoms with Crippen molar-refractivity contribution in [3.63, 3.8) is 0 Å². The van der Waals surface area contributed by atoms with E-state index in [-0.39, 0.29) is 5.92 Å². The van der Waals surface area contributed by atoms with Crippen LogP contribution in [-0.4, -0.2) is 0 Å². The Morgan fingerprint density at radius 3 is 2.19 bits per heavy atom. The highest BCUT2D eigenvalue weighted by Crippen LogP contribution is 2.56. The molecule has 0 N–H and O–H groups in total. The summed E-state index contributed by atoms with van der Waals surface area (Å²) in [7, 11) is 0. The van der Waals surface area contributed by atoms with E-state index in [9.17, 15) is 10.5 Å². The zero-order valence-corrected chi connectivity index (χ0v) is 17.7. The van der Waals surface area contributed by atoms with E-state index in [1.165, 1.54) is 49.8 Å². The molecule has 144 valence electrons. The predicted octanol–water partition coefficient (Wildman–Crippen LogP) is 7.36. The molecule has 3 rings (SSSR count). The van der Waals surface area contributed by atoms with Gasteiger partial charge >= 0.3 is 0 Å². The molecule has 1 aromatic heterocycles. The monoisotopic (exact) mass is 380 g/mol. The average Bonchev–Trinajstić information content (AvgIpc) is 3.23. The maximum absolute atomic E-state index is 10.00. The van der Waals surface area contributed by atoms with Crippen molar-refractivity contribution in [1.29, 1.82) is 10.5 Å². The van der Waals surface area contributed by atoms with Crippen molar-refractivity contribution in [1.82, 2.24) is 0 Å². The third-order valence-corrected chi connectivity index (χ3v) is 7.84. The Bertz CT molecular complexity index is 717. The molecule has 0 radical (unpaired) electrons. The van der Waals surface area contributed by atoms with E-state index >= 15 is 0 Å². The number of nitrogens with zero attached hydrogens (tertiary/aromatic N) is 2. The maximum atomic E-state index is 10.00. The number of thiophene rings is 1. The fourth-order valence-electron chi connectivity index (χ4n) is 5.29. The zero-order chi connectivity index (χ0) is 19.3. The lowest BCUT2D eigenvalue weighted by Crippen LogP contribution is -2.40. The van der Waals surface area contributed by atoms with Gasteiger partial charge in [0, 0.05) is 10.8 Å². The Kier molecular flexibility index (Phi) is 6.78. The highest BCUT2D eigenvalue weighted by atomic mass is 32.1. The van der Waals surface area contributed by atoms with E-state index in [4.69, 9.17) is 0 Å². The second-order valence-corrected chi connectivity index (χ2v) is 9.52. The van der Waals surface area contributed by atoms with Crippen LogP contribution in [0.25, 0.3) is 0 Å². The maximum Gasteiger partial charge on any atom is 0.151 e. The number of rotatable bonds is 7. The topological polar surface area (TPSA) is 47.6 Å². The zero-order valence-electron chi connectivity index (χ0n) is 16.8. The van der Waals surface area contributed by atoms with Crippen LogP contribution < -0.4 is 0 Å². The van der Waals surface area contributed by atoms with Crippen LogP contribution in [-0.2, 0) is 0 Å². The molecule has 0 amide bonds. The van der Waals surface area contributed by atoms with Gasteiger partial charge in [-0.25, -0.2) is 0 Å². The van der Waals surface area contributed by atoms with E-state index in [1.807, 2.05) is 0 Å². The first-order valence-electron chi connectivity index (χ1n) is 10.7. The molecule has 1 aromatic rings. The molecule has 3 heteroatoms. The molecular weight excluding hydrogens is 348 g/mol. The van der Waals surface area contributed by atoms with Gasteiger partial charge in [-0.1, -0.05) is 43.9 Å². The summed E-state index contributed by atoms with van der Waals surface area (Å²) in [6.45, 7) is 4.54. The Balaban J connectivity index is 1.88.